The van der Waals surface area contributed by atoms with Gasteiger partial charge in [-0.3, -0.25) is 4.79 Å². The van der Waals surface area contributed by atoms with Gasteiger partial charge in [-0.15, -0.1) is 0 Å². The van der Waals surface area contributed by atoms with Crippen LogP contribution in [0.15, 0.2) is 0 Å². The van der Waals surface area contributed by atoms with Gasteiger partial charge in [0.25, 0.3) is 0 Å². The molecule has 5 heteroatoms. The number of carbonyl (C=O) groups excluding carboxylic acids is 1. The minimum absolute atomic E-state index is 0.312. The van der Waals surface area contributed by atoms with E-state index in [0.717, 1.165) is 6.42 Å². The van der Waals surface area contributed by atoms with Crippen LogP contribution < -0.4 is 0 Å². The molecule has 1 saturated heterocycles. The van der Waals surface area contributed by atoms with E-state index >= 15 is 0 Å². The number of esters is 1. The van der Waals surface area contributed by atoms with E-state index in [-0.39, 0.29) is 5.97 Å². The van der Waals surface area contributed by atoms with E-state index in [1.807, 2.05) is 0 Å². The Kier molecular flexibility index (Phi) is 3.86. The van der Waals surface area contributed by atoms with Crippen molar-refractivity contribution in [3.63, 3.8) is 0 Å². The Labute approximate surface area is 83.1 Å². The summed E-state index contributed by atoms with van der Waals surface area (Å²) in [5.74, 6) is -0.312. The van der Waals surface area contributed by atoms with Crippen LogP contribution in [0.1, 0.15) is 33.6 Å². The average molecular weight is 204 g/mol. The molecule has 14 heavy (non-hydrogen) atoms. The molecule has 1 heterocycles. The number of hydrogen-bond donors (Lipinski definition) is 0. The van der Waals surface area contributed by atoms with Crippen molar-refractivity contribution in [3.8, 4) is 0 Å². The van der Waals surface area contributed by atoms with Gasteiger partial charge < -0.3 is 4.74 Å². The molecule has 0 N–H and O–H groups in total. The van der Waals surface area contributed by atoms with Gasteiger partial charge in [-0.25, -0.2) is 4.89 Å². The Morgan fingerprint density at radius 1 is 1.43 bits per heavy atom. The van der Waals surface area contributed by atoms with Gasteiger partial charge in [0.15, 0.2) is 0 Å². The molecule has 0 saturated carbocycles. The van der Waals surface area contributed by atoms with Crippen LogP contribution in [-0.2, 0) is 24.3 Å². The number of ether oxygens (including phenoxy) is 1. The van der Waals surface area contributed by atoms with Gasteiger partial charge in [-0.2, -0.15) is 4.89 Å². The van der Waals surface area contributed by atoms with Crippen LogP contribution in [0.25, 0.3) is 0 Å². The maximum absolute atomic E-state index is 11.4. The first-order valence-corrected chi connectivity index (χ1v) is 4.66. The molecule has 0 amide bonds. The standard InChI is InChI=1S/C9H16O5/c1-9(2,3)8(10)12-7-5-4-6-11-14-13-7/h7H,4-6H2,1-3H3. The zero-order chi connectivity index (χ0) is 10.6. The van der Waals surface area contributed by atoms with Gasteiger partial charge in [0.05, 0.1) is 12.0 Å². The number of rotatable bonds is 1. The third-order valence-electron chi connectivity index (χ3n) is 1.71. The normalized spacial score (nSPS) is 24.1. The Balaban J connectivity index is 2.38. The second-order valence-electron chi connectivity index (χ2n) is 4.21. The van der Waals surface area contributed by atoms with E-state index < -0.39 is 11.7 Å². The lowest BCUT2D eigenvalue weighted by atomic mass is 9.97. The molecule has 0 aromatic rings. The molecule has 0 spiro atoms. The van der Waals surface area contributed by atoms with Gasteiger partial charge in [-0.05, 0) is 27.2 Å². The van der Waals surface area contributed by atoms with Crippen LogP contribution in [0.2, 0.25) is 0 Å². The van der Waals surface area contributed by atoms with Crippen molar-refractivity contribution in [3.05, 3.63) is 0 Å². The van der Waals surface area contributed by atoms with Gasteiger partial charge in [0.2, 0.25) is 6.29 Å². The fourth-order valence-electron chi connectivity index (χ4n) is 0.837. The molecule has 1 rings (SSSR count). The Bertz CT molecular complexity index is 188. The van der Waals surface area contributed by atoms with E-state index in [0.29, 0.717) is 13.0 Å². The van der Waals surface area contributed by atoms with E-state index in [1.165, 1.54) is 0 Å². The van der Waals surface area contributed by atoms with Crippen LogP contribution in [0.4, 0.5) is 0 Å². The van der Waals surface area contributed by atoms with E-state index in [1.54, 1.807) is 20.8 Å². The molecule has 1 unspecified atom stereocenters. The summed E-state index contributed by atoms with van der Waals surface area (Å²) in [6.07, 6.45) is 0.661. The summed E-state index contributed by atoms with van der Waals surface area (Å²) in [6.45, 7) is 5.79. The van der Waals surface area contributed by atoms with Crippen LogP contribution in [0, 0.1) is 5.41 Å². The van der Waals surface area contributed by atoms with Crippen molar-refractivity contribution in [1.29, 1.82) is 0 Å². The third-order valence-corrected chi connectivity index (χ3v) is 1.71. The van der Waals surface area contributed by atoms with Gasteiger partial charge in [0.1, 0.15) is 0 Å². The van der Waals surface area contributed by atoms with E-state index in [9.17, 15) is 4.79 Å². The molecule has 0 bridgehead atoms. The van der Waals surface area contributed by atoms with Crippen LogP contribution in [-0.4, -0.2) is 18.9 Å². The summed E-state index contributed by atoms with van der Waals surface area (Å²) in [6, 6.07) is 0. The largest absolute Gasteiger partial charge is 0.432 e. The van der Waals surface area contributed by atoms with Crippen molar-refractivity contribution in [2.24, 2.45) is 5.41 Å². The van der Waals surface area contributed by atoms with Crippen molar-refractivity contribution in [2.75, 3.05) is 6.61 Å². The van der Waals surface area contributed by atoms with Gasteiger partial charge in [-0.1, -0.05) is 5.04 Å². The summed E-state index contributed by atoms with van der Waals surface area (Å²) in [5.41, 5.74) is -0.531. The van der Waals surface area contributed by atoms with Crippen molar-refractivity contribution in [1.82, 2.24) is 0 Å². The fourth-order valence-corrected chi connectivity index (χ4v) is 0.837. The highest BCUT2D eigenvalue weighted by molar-refractivity contribution is 5.75. The average Bonchev–Trinajstić information content (AvgIpc) is 2.31. The van der Waals surface area contributed by atoms with Gasteiger partial charge >= 0.3 is 5.97 Å². The molecule has 1 atom stereocenters. The number of carbonyl (C=O) groups is 1. The highest BCUT2D eigenvalue weighted by atomic mass is 17.5. The summed E-state index contributed by atoms with van der Waals surface area (Å²) in [7, 11) is 0. The zero-order valence-corrected chi connectivity index (χ0v) is 8.74. The summed E-state index contributed by atoms with van der Waals surface area (Å²) in [4.78, 5) is 20.7. The first-order chi connectivity index (χ1) is 6.50. The second-order valence-corrected chi connectivity index (χ2v) is 4.21. The molecule has 0 aliphatic carbocycles. The van der Waals surface area contributed by atoms with Crippen LogP contribution in [0.5, 0.6) is 0 Å². The van der Waals surface area contributed by atoms with Crippen LogP contribution in [0.3, 0.4) is 0 Å². The first kappa shape index (κ1) is 11.4. The SMILES string of the molecule is CC(C)(C)C(=O)OC1CCCOOO1. The summed E-state index contributed by atoms with van der Waals surface area (Å²) >= 11 is 0. The van der Waals surface area contributed by atoms with E-state index in [2.05, 4.69) is 9.93 Å². The zero-order valence-electron chi connectivity index (χ0n) is 8.74. The topological polar surface area (TPSA) is 54.0 Å². The Morgan fingerprint density at radius 3 is 2.79 bits per heavy atom. The molecule has 1 aliphatic heterocycles. The van der Waals surface area contributed by atoms with Crippen LogP contribution >= 0.6 is 0 Å². The second kappa shape index (κ2) is 4.72. The molecule has 0 aromatic heterocycles. The monoisotopic (exact) mass is 204 g/mol. The maximum atomic E-state index is 11.4. The minimum atomic E-state index is -0.663. The van der Waals surface area contributed by atoms with Gasteiger partial charge in [0, 0.05) is 6.42 Å². The summed E-state index contributed by atoms with van der Waals surface area (Å²) < 4.78 is 5.07. The Morgan fingerprint density at radius 2 is 2.14 bits per heavy atom. The van der Waals surface area contributed by atoms with Crippen molar-refractivity contribution >= 4 is 5.97 Å². The molecule has 1 fully saturated rings. The molecule has 0 radical (unpaired) electrons. The molecule has 1 aliphatic rings. The molecular weight excluding hydrogens is 188 g/mol. The predicted octanol–water partition coefficient (Wildman–Crippen LogP) is 1.58. The smallest absolute Gasteiger partial charge is 0.313 e. The highest BCUT2D eigenvalue weighted by Gasteiger charge is 2.27. The van der Waals surface area contributed by atoms with Crippen molar-refractivity contribution in [2.45, 2.75) is 39.9 Å². The molecular formula is C9H16O5. The lowest BCUT2D eigenvalue weighted by Gasteiger charge is -2.20. The Hall–Kier alpha value is -0.650. The highest BCUT2D eigenvalue weighted by Crippen LogP contribution is 2.19. The molecule has 5 nitrogen and oxygen atoms in total. The lowest BCUT2D eigenvalue weighted by Crippen LogP contribution is -2.29. The third kappa shape index (κ3) is 3.61. The predicted molar refractivity (Wildman–Crippen MR) is 46.7 cm³/mol. The maximum Gasteiger partial charge on any atom is 0.313 e. The number of hydrogen-bond acceptors (Lipinski definition) is 5. The molecule has 82 valence electrons. The quantitative estimate of drug-likeness (QED) is 0.479. The van der Waals surface area contributed by atoms with E-state index in [4.69, 9.17) is 9.62 Å². The molecule has 0 aromatic carbocycles. The fraction of sp³-hybridized carbons (Fsp3) is 0.889. The first-order valence-electron chi connectivity index (χ1n) is 4.66. The minimum Gasteiger partial charge on any atom is -0.432 e. The summed E-state index contributed by atoms with van der Waals surface area (Å²) in [5, 5.41) is 4.34. The van der Waals surface area contributed by atoms with Crippen molar-refractivity contribution < 1.29 is 24.3 Å². The lowest BCUT2D eigenvalue weighted by molar-refractivity contribution is -0.535.